The van der Waals surface area contributed by atoms with E-state index in [1.54, 1.807) is 30.3 Å². The molecule has 0 aromatic heterocycles. The Morgan fingerprint density at radius 3 is 2.28 bits per heavy atom. The fourth-order valence-electron chi connectivity index (χ4n) is 3.37. The third-order valence-corrected chi connectivity index (χ3v) is 5.68. The fourth-order valence-corrected chi connectivity index (χ4v) is 3.85. The first kappa shape index (κ1) is 23.8. The van der Waals surface area contributed by atoms with Crippen LogP contribution in [0.5, 0.6) is 0 Å². The largest absolute Gasteiger partial charge is 0.350 e. The molecule has 3 rings (SSSR count). The minimum atomic E-state index is -0.758. The molecule has 0 bridgehead atoms. The second-order valence-electron chi connectivity index (χ2n) is 7.43. The number of amides is 2. The van der Waals surface area contributed by atoms with E-state index in [0.29, 0.717) is 16.5 Å². The summed E-state index contributed by atoms with van der Waals surface area (Å²) in [6, 6.07) is 19.7. The van der Waals surface area contributed by atoms with Gasteiger partial charge in [0.1, 0.15) is 11.9 Å². The van der Waals surface area contributed by atoms with Crippen LogP contribution in [0.2, 0.25) is 10.0 Å². The molecule has 0 heterocycles. The summed E-state index contributed by atoms with van der Waals surface area (Å²) in [5, 5.41) is 3.85. The molecule has 32 heavy (non-hydrogen) atoms. The van der Waals surface area contributed by atoms with E-state index < -0.39 is 6.04 Å². The lowest BCUT2D eigenvalue weighted by Gasteiger charge is -2.30. The van der Waals surface area contributed by atoms with Crippen molar-refractivity contribution in [2.75, 3.05) is 0 Å². The summed E-state index contributed by atoms with van der Waals surface area (Å²) in [5.74, 6) is -0.923. The molecule has 0 unspecified atom stereocenters. The van der Waals surface area contributed by atoms with Crippen LogP contribution in [0.1, 0.15) is 23.6 Å². The highest BCUT2D eigenvalue weighted by atomic mass is 35.5. The van der Waals surface area contributed by atoms with E-state index in [2.05, 4.69) is 5.32 Å². The summed E-state index contributed by atoms with van der Waals surface area (Å²) in [6.07, 6.45) is 0.335. The fraction of sp³-hybridized carbons (Fsp3) is 0.200. The van der Waals surface area contributed by atoms with Gasteiger partial charge in [-0.05, 0) is 41.0 Å². The van der Waals surface area contributed by atoms with E-state index in [9.17, 15) is 14.0 Å². The summed E-state index contributed by atoms with van der Waals surface area (Å²) in [4.78, 5) is 27.3. The topological polar surface area (TPSA) is 49.4 Å². The van der Waals surface area contributed by atoms with Crippen LogP contribution in [-0.4, -0.2) is 22.8 Å². The van der Waals surface area contributed by atoms with Crippen LogP contribution >= 0.6 is 23.2 Å². The first-order valence-corrected chi connectivity index (χ1v) is 10.9. The highest BCUT2D eigenvalue weighted by Crippen LogP contribution is 2.21. The van der Waals surface area contributed by atoms with Gasteiger partial charge in [0, 0.05) is 36.5 Å². The van der Waals surface area contributed by atoms with Crippen LogP contribution in [0.4, 0.5) is 4.39 Å². The number of rotatable bonds is 8. The van der Waals surface area contributed by atoms with Gasteiger partial charge in [0.2, 0.25) is 11.8 Å². The molecular formula is C25H23Cl2FN2O2. The Bertz CT molecular complexity index is 1080. The van der Waals surface area contributed by atoms with Crippen molar-refractivity contribution in [3.05, 3.63) is 105 Å². The third kappa shape index (κ3) is 6.55. The Morgan fingerprint density at radius 2 is 1.66 bits per heavy atom. The summed E-state index contributed by atoms with van der Waals surface area (Å²) in [7, 11) is 0. The van der Waals surface area contributed by atoms with Gasteiger partial charge in [-0.3, -0.25) is 9.59 Å². The lowest BCUT2D eigenvalue weighted by Crippen LogP contribution is -2.49. The van der Waals surface area contributed by atoms with Gasteiger partial charge in [-0.2, -0.15) is 0 Å². The Hall–Kier alpha value is -2.89. The summed E-state index contributed by atoms with van der Waals surface area (Å²) in [6.45, 7) is 1.80. The van der Waals surface area contributed by atoms with Crippen molar-refractivity contribution in [2.45, 2.75) is 32.5 Å². The van der Waals surface area contributed by atoms with Gasteiger partial charge in [-0.25, -0.2) is 4.39 Å². The average Bonchev–Trinajstić information content (AvgIpc) is 2.77. The minimum Gasteiger partial charge on any atom is -0.350 e. The highest BCUT2D eigenvalue weighted by molar-refractivity contribution is 6.35. The molecule has 166 valence electrons. The molecule has 0 spiro atoms. The van der Waals surface area contributed by atoms with Crippen LogP contribution in [-0.2, 0) is 29.1 Å². The van der Waals surface area contributed by atoms with Gasteiger partial charge in [-0.15, -0.1) is 0 Å². The van der Waals surface area contributed by atoms with Crippen LogP contribution in [0.25, 0.3) is 0 Å². The van der Waals surface area contributed by atoms with Gasteiger partial charge in [0.15, 0.2) is 0 Å². The van der Waals surface area contributed by atoms with Crippen LogP contribution in [0, 0.1) is 5.82 Å². The summed E-state index contributed by atoms with van der Waals surface area (Å²) in [5.41, 5.74) is 2.37. The zero-order valence-electron chi connectivity index (χ0n) is 17.5. The smallest absolute Gasteiger partial charge is 0.243 e. The Morgan fingerprint density at radius 1 is 0.969 bits per heavy atom. The second-order valence-corrected chi connectivity index (χ2v) is 8.28. The number of carbonyl (C=O) groups excluding carboxylic acids is 2. The van der Waals surface area contributed by atoms with Crippen LogP contribution in [0.15, 0.2) is 72.8 Å². The lowest BCUT2D eigenvalue weighted by atomic mass is 10.0. The molecule has 0 saturated carbocycles. The van der Waals surface area contributed by atoms with Gasteiger partial charge in [0.25, 0.3) is 0 Å². The number of hydrogen-bond acceptors (Lipinski definition) is 2. The SMILES string of the molecule is CC(=O)N(Cc1ccc(F)cc1)[C@H](Cc1ccccc1)C(=O)NCc1ccc(Cl)cc1Cl. The molecule has 0 saturated heterocycles. The molecule has 0 aliphatic carbocycles. The molecule has 3 aromatic carbocycles. The van der Waals surface area contributed by atoms with Gasteiger partial charge in [0.05, 0.1) is 0 Å². The van der Waals surface area contributed by atoms with E-state index in [1.165, 1.54) is 24.0 Å². The quantitative estimate of drug-likeness (QED) is 0.476. The van der Waals surface area contributed by atoms with Gasteiger partial charge >= 0.3 is 0 Å². The highest BCUT2D eigenvalue weighted by Gasteiger charge is 2.28. The standard InChI is InChI=1S/C25H23Cl2FN2O2/c1-17(31)30(16-19-7-11-22(28)12-8-19)24(13-18-5-3-2-4-6-18)25(32)29-15-20-9-10-21(26)14-23(20)27/h2-12,14,24H,13,15-16H2,1H3,(H,29,32)/t24-/m1/s1. The van der Waals surface area contributed by atoms with Gasteiger partial charge < -0.3 is 10.2 Å². The summed E-state index contributed by atoms with van der Waals surface area (Å²) >= 11 is 12.2. The van der Waals surface area contributed by atoms with Crippen molar-refractivity contribution in [3.63, 3.8) is 0 Å². The average molecular weight is 473 g/mol. The van der Waals surface area contributed by atoms with E-state index in [-0.39, 0.29) is 30.7 Å². The second kappa shape index (κ2) is 11.1. The third-order valence-electron chi connectivity index (χ3n) is 5.09. The monoisotopic (exact) mass is 472 g/mol. The molecule has 0 radical (unpaired) electrons. The molecule has 1 atom stereocenters. The van der Waals surface area contributed by atoms with E-state index >= 15 is 0 Å². The number of nitrogens with zero attached hydrogens (tertiary/aromatic N) is 1. The van der Waals surface area contributed by atoms with Crippen LogP contribution < -0.4 is 5.32 Å². The predicted octanol–water partition coefficient (Wildman–Crippen LogP) is 5.41. The van der Waals surface area contributed by atoms with Crippen molar-refractivity contribution in [3.8, 4) is 0 Å². The van der Waals surface area contributed by atoms with Crippen molar-refractivity contribution in [1.82, 2.24) is 10.2 Å². The molecule has 0 aliphatic rings. The molecule has 0 aliphatic heterocycles. The van der Waals surface area contributed by atoms with Gasteiger partial charge in [-0.1, -0.05) is 71.7 Å². The normalized spacial score (nSPS) is 11.6. The molecular weight excluding hydrogens is 450 g/mol. The van der Waals surface area contributed by atoms with Crippen molar-refractivity contribution in [2.24, 2.45) is 0 Å². The van der Waals surface area contributed by atoms with Crippen molar-refractivity contribution in [1.29, 1.82) is 0 Å². The minimum absolute atomic E-state index is 0.183. The maximum Gasteiger partial charge on any atom is 0.243 e. The maximum absolute atomic E-state index is 13.3. The first-order valence-electron chi connectivity index (χ1n) is 10.1. The van der Waals surface area contributed by atoms with E-state index in [4.69, 9.17) is 23.2 Å². The Balaban J connectivity index is 1.83. The number of benzene rings is 3. The molecule has 1 N–H and O–H groups in total. The lowest BCUT2D eigenvalue weighted by molar-refractivity contribution is -0.139. The molecule has 0 fully saturated rings. The molecule has 7 heteroatoms. The maximum atomic E-state index is 13.3. The number of hydrogen-bond donors (Lipinski definition) is 1. The molecule has 3 aromatic rings. The summed E-state index contributed by atoms with van der Waals surface area (Å²) < 4.78 is 13.3. The predicted molar refractivity (Wildman–Crippen MR) is 125 cm³/mol. The zero-order valence-corrected chi connectivity index (χ0v) is 19.0. The van der Waals surface area contributed by atoms with Crippen molar-refractivity contribution >= 4 is 35.0 Å². The van der Waals surface area contributed by atoms with Crippen LogP contribution in [0.3, 0.4) is 0 Å². The number of halogens is 3. The number of carbonyl (C=O) groups is 2. The molecule has 2 amide bonds. The Labute approximate surface area is 197 Å². The number of nitrogens with one attached hydrogen (secondary N) is 1. The zero-order chi connectivity index (χ0) is 23.1. The first-order chi connectivity index (χ1) is 15.3. The molecule has 4 nitrogen and oxygen atoms in total. The van der Waals surface area contributed by atoms with E-state index in [0.717, 1.165) is 16.7 Å². The Kier molecular flexibility index (Phi) is 8.26. The van der Waals surface area contributed by atoms with E-state index in [1.807, 2.05) is 30.3 Å². The van der Waals surface area contributed by atoms with Crippen molar-refractivity contribution < 1.29 is 14.0 Å².